The Morgan fingerprint density at radius 3 is 2.89 bits per heavy atom. The molecule has 0 saturated carbocycles. The van der Waals surface area contributed by atoms with Gasteiger partial charge in [-0.3, -0.25) is 9.59 Å². The summed E-state index contributed by atoms with van der Waals surface area (Å²) >= 11 is 8.28. The topological polar surface area (TPSA) is 115 Å². The molecular formula is C24H26ClIN4O5. The smallest absolute Gasteiger partial charge is 0.262 e. The van der Waals surface area contributed by atoms with Crippen LogP contribution in [0.2, 0.25) is 5.02 Å². The number of aliphatic hydroxyl groups excluding tert-OH is 2. The molecule has 3 atom stereocenters. The van der Waals surface area contributed by atoms with Gasteiger partial charge in [0.15, 0.2) is 0 Å². The van der Waals surface area contributed by atoms with Crippen LogP contribution in [0.4, 0.5) is 5.69 Å². The number of rotatable bonds is 7. The Kier molecular flexibility index (Phi) is 8.15. The highest BCUT2D eigenvalue weighted by Crippen LogP contribution is 2.43. The molecule has 186 valence electrons. The van der Waals surface area contributed by atoms with Crippen LogP contribution >= 0.6 is 34.2 Å². The van der Waals surface area contributed by atoms with Crippen molar-refractivity contribution in [1.82, 2.24) is 9.91 Å². The van der Waals surface area contributed by atoms with Crippen molar-refractivity contribution in [2.75, 3.05) is 32.1 Å². The Morgan fingerprint density at radius 1 is 1.34 bits per heavy atom. The summed E-state index contributed by atoms with van der Waals surface area (Å²) in [4.78, 5) is 28.0. The largest absolute Gasteiger partial charge is 0.490 e. The summed E-state index contributed by atoms with van der Waals surface area (Å²) in [6, 6.07) is 12.0. The van der Waals surface area contributed by atoms with Crippen molar-refractivity contribution < 1.29 is 24.5 Å². The molecule has 9 nitrogen and oxygen atoms in total. The number of benzene rings is 2. The average Bonchev–Trinajstić information content (AvgIpc) is 2.83. The molecule has 11 heteroatoms. The Labute approximate surface area is 221 Å². The highest BCUT2D eigenvalue weighted by Gasteiger charge is 2.44. The molecule has 1 fully saturated rings. The number of fused-ring (bicyclic) bond motifs is 1. The predicted molar refractivity (Wildman–Crippen MR) is 140 cm³/mol. The zero-order valence-corrected chi connectivity index (χ0v) is 21.9. The first-order chi connectivity index (χ1) is 16.8. The number of halogens is 2. The number of nitrogens with one attached hydrogen (secondary N) is 1. The third kappa shape index (κ3) is 5.88. The number of hydrogen-bond donors (Lipinski definition) is 3. The van der Waals surface area contributed by atoms with Gasteiger partial charge >= 0.3 is 0 Å². The van der Waals surface area contributed by atoms with Gasteiger partial charge in [0.1, 0.15) is 30.8 Å². The first-order valence-electron chi connectivity index (χ1n) is 11.1. The molecular weight excluding hydrogens is 587 g/mol. The van der Waals surface area contributed by atoms with E-state index >= 15 is 0 Å². The number of hydrogen-bond acceptors (Lipinski definition) is 7. The van der Waals surface area contributed by atoms with Crippen LogP contribution in [0.1, 0.15) is 24.4 Å². The van der Waals surface area contributed by atoms with Crippen LogP contribution in [-0.4, -0.2) is 70.7 Å². The highest BCUT2D eigenvalue weighted by molar-refractivity contribution is 14.1. The van der Waals surface area contributed by atoms with Crippen molar-refractivity contribution in [2.45, 2.75) is 25.0 Å². The number of likely N-dealkylation sites (N-methyl/N-ethyl adjacent to an activating group) is 1. The van der Waals surface area contributed by atoms with Crippen molar-refractivity contribution in [3.05, 3.63) is 56.6 Å². The molecule has 2 aliphatic rings. The number of nitrogens with zero attached hydrogens (tertiary/aromatic N) is 3. The SMILES string of the molecule is CN1N=C2CCC(C(=O)Nc3cccc(Cl)c3)[C@@H](c3cc(I)ccc3OCC(O)CO)N2CC1=O. The molecule has 35 heavy (non-hydrogen) atoms. The Bertz CT molecular complexity index is 1150. The summed E-state index contributed by atoms with van der Waals surface area (Å²) in [7, 11) is 1.62. The Hall–Kier alpha value is -2.41. The lowest BCUT2D eigenvalue weighted by Crippen LogP contribution is -2.53. The number of aliphatic hydroxyl groups is 2. The maximum atomic E-state index is 13.6. The molecule has 0 aromatic heterocycles. The van der Waals surface area contributed by atoms with Gasteiger partial charge in [0.2, 0.25) is 5.91 Å². The van der Waals surface area contributed by atoms with E-state index in [1.807, 2.05) is 17.0 Å². The number of anilines is 1. The van der Waals surface area contributed by atoms with E-state index in [1.165, 1.54) is 5.01 Å². The van der Waals surface area contributed by atoms with E-state index in [-0.39, 0.29) is 25.0 Å². The number of piperidine rings is 1. The summed E-state index contributed by atoms with van der Waals surface area (Å²) in [5.74, 6) is 0.286. The molecule has 2 aliphatic heterocycles. The van der Waals surface area contributed by atoms with E-state index in [9.17, 15) is 19.8 Å². The van der Waals surface area contributed by atoms with Gasteiger partial charge in [-0.25, -0.2) is 5.01 Å². The lowest BCUT2D eigenvalue weighted by atomic mass is 9.82. The molecule has 2 heterocycles. The number of carbonyl (C=O) groups excluding carboxylic acids is 2. The lowest BCUT2D eigenvalue weighted by molar-refractivity contribution is -0.134. The zero-order valence-electron chi connectivity index (χ0n) is 19.0. The molecule has 0 aliphatic carbocycles. The van der Waals surface area contributed by atoms with Crippen LogP contribution in [0.15, 0.2) is 47.6 Å². The van der Waals surface area contributed by atoms with E-state index < -0.39 is 24.7 Å². The number of carbonyl (C=O) groups is 2. The summed E-state index contributed by atoms with van der Waals surface area (Å²) in [5.41, 5.74) is 1.29. The Balaban J connectivity index is 1.74. The van der Waals surface area contributed by atoms with Gasteiger partial charge in [-0.15, -0.1) is 0 Å². The van der Waals surface area contributed by atoms with Crippen LogP contribution in [-0.2, 0) is 9.59 Å². The normalized spacial score (nSPS) is 20.7. The first kappa shape index (κ1) is 25.7. The number of ether oxygens (including phenoxy) is 1. The fourth-order valence-corrected chi connectivity index (χ4v) is 5.02. The van der Waals surface area contributed by atoms with Crippen LogP contribution in [0.25, 0.3) is 0 Å². The summed E-state index contributed by atoms with van der Waals surface area (Å²) in [5, 5.41) is 28.3. The second-order valence-corrected chi connectivity index (χ2v) is 10.2. The zero-order chi connectivity index (χ0) is 25.1. The highest BCUT2D eigenvalue weighted by atomic mass is 127. The minimum atomic E-state index is -1.04. The Morgan fingerprint density at radius 2 is 2.14 bits per heavy atom. The molecule has 2 unspecified atom stereocenters. The van der Waals surface area contributed by atoms with Crippen molar-refractivity contribution in [3.8, 4) is 5.75 Å². The van der Waals surface area contributed by atoms with E-state index in [0.29, 0.717) is 34.9 Å². The molecule has 2 aromatic rings. The predicted octanol–water partition coefficient (Wildman–Crippen LogP) is 2.85. The van der Waals surface area contributed by atoms with Crippen molar-refractivity contribution in [2.24, 2.45) is 11.0 Å². The molecule has 0 bridgehead atoms. The molecule has 4 rings (SSSR count). The van der Waals surface area contributed by atoms with Crippen LogP contribution < -0.4 is 10.1 Å². The number of amides is 2. The van der Waals surface area contributed by atoms with E-state index in [0.717, 1.165) is 9.41 Å². The number of hydrazone groups is 1. The fourth-order valence-electron chi connectivity index (χ4n) is 4.32. The minimum absolute atomic E-state index is 0.0745. The second kappa shape index (κ2) is 11.1. The van der Waals surface area contributed by atoms with Crippen molar-refractivity contribution in [1.29, 1.82) is 0 Å². The van der Waals surface area contributed by atoms with E-state index in [2.05, 4.69) is 33.0 Å². The molecule has 3 N–H and O–H groups in total. The maximum absolute atomic E-state index is 13.6. The molecule has 0 radical (unpaired) electrons. The van der Waals surface area contributed by atoms with Gasteiger partial charge < -0.3 is 25.2 Å². The minimum Gasteiger partial charge on any atom is -0.490 e. The van der Waals surface area contributed by atoms with Gasteiger partial charge in [0.05, 0.1) is 18.6 Å². The monoisotopic (exact) mass is 612 g/mol. The van der Waals surface area contributed by atoms with Gasteiger partial charge in [0, 0.05) is 33.3 Å². The van der Waals surface area contributed by atoms with Crippen LogP contribution in [0.3, 0.4) is 0 Å². The fraction of sp³-hybridized carbons (Fsp3) is 0.375. The lowest BCUT2D eigenvalue weighted by Gasteiger charge is -2.45. The van der Waals surface area contributed by atoms with Crippen LogP contribution in [0, 0.1) is 9.49 Å². The van der Waals surface area contributed by atoms with Gasteiger partial charge in [-0.2, -0.15) is 5.10 Å². The summed E-state index contributed by atoms with van der Waals surface area (Å²) < 4.78 is 6.79. The van der Waals surface area contributed by atoms with E-state index in [4.69, 9.17) is 16.3 Å². The molecule has 2 aromatic carbocycles. The van der Waals surface area contributed by atoms with Crippen LogP contribution in [0.5, 0.6) is 5.75 Å². The number of amidine groups is 1. The van der Waals surface area contributed by atoms with Gasteiger partial charge in [-0.05, 0) is 65.4 Å². The van der Waals surface area contributed by atoms with Crippen molar-refractivity contribution in [3.63, 3.8) is 0 Å². The molecule has 0 spiro atoms. The average molecular weight is 613 g/mol. The third-order valence-corrected chi connectivity index (χ3v) is 6.93. The molecule has 1 saturated heterocycles. The summed E-state index contributed by atoms with van der Waals surface area (Å²) in [6.45, 7) is -0.471. The van der Waals surface area contributed by atoms with Gasteiger partial charge in [0.25, 0.3) is 5.91 Å². The quantitative estimate of drug-likeness (QED) is 0.415. The maximum Gasteiger partial charge on any atom is 0.262 e. The third-order valence-electron chi connectivity index (χ3n) is 6.02. The standard InChI is InChI=1S/C24H26ClIN4O5/c1-29-22(33)11-30-21(28-29)8-6-18(24(34)27-16-4-2-3-14(25)9-16)23(30)19-10-15(26)5-7-20(19)35-13-17(32)12-31/h2-5,7,9-10,17-18,23,31-32H,6,8,11-13H2,1H3,(H,27,34)/t17?,18?,23-/m0/s1. The van der Waals surface area contributed by atoms with Gasteiger partial charge in [-0.1, -0.05) is 17.7 Å². The molecule has 2 amide bonds. The second-order valence-electron chi connectivity index (χ2n) is 8.48. The van der Waals surface area contributed by atoms with Crippen molar-refractivity contribution >= 4 is 57.5 Å². The first-order valence-corrected chi connectivity index (χ1v) is 12.6. The summed E-state index contributed by atoms with van der Waals surface area (Å²) in [6.07, 6.45) is 0.00159. The van der Waals surface area contributed by atoms with E-state index in [1.54, 1.807) is 37.4 Å².